The number of amides is 1. The summed E-state index contributed by atoms with van der Waals surface area (Å²) in [6, 6.07) is 7.53. The molecular formula is C18H21N3O3S. The van der Waals surface area contributed by atoms with Crippen LogP contribution in [0.1, 0.15) is 44.2 Å². The van der Waals surface area contributed by atoms with E-state index in [-0.39, 0.29) is 29.9 Å². The van der Waals surface area contributed by atoms with Crippen molar-refractivity contribution in [3.05, 3.63) is 45.7 Å². The third-order valence-electron chi connectivity index (χ3n) is 3.86. The van der Waals surface area contributed by atoms with Crippen LogP contribution in [0.4, 0.5) is 5.82 Å². The molecule has 7 heteroatoms. The Morgan fingerprint density at radius 2 is 2.00 bits per heavy atom. The molecule has 0 spiro atoms. The van der Waals surface area contributed by atoms with Crippen molar-refractivity contribution in [3.8, 4) is 5.75 Å². The van der Waals surface area contributed by atoms with Gasteiger partial charge in [-0.05, 0) is 37.3 Å². The lowest BCUT2D eigenvalue weighted by Gasteiger charge is -2.24. The zero-order valence-corrected chi connectivity index (χ0v) is 15.3. The number of thioether (sulfide) groups is 1. The first kappa shape index (κ1) is 17.5. The first-order chi connectivity index (χ1) is 12.0. The molecule has 0 unspecified atom stereocenters. The van der Waals surface area contributed by atoms with Crippen LogP contribution in [0.25, 0.3) is 0 Å². The smallest absolute Gasteiger partial charge is 0.257 e. The average Bonchev–Trinajstić information content (AvgIpc) is 2.54. The molecule has 2 aromatic rings. The molecule has 0 bridgehead atoms. The number of H-pyrrole nitrogens is 1. The molecule has 1 aromatic heterocycles. The first-order valence-electron chi connectivity index (χ1n) is 8.31. The van der Waals surface area contributed by atoms with E-state index in [1.807, 2.05) is 45.0 Å². The number of ether oxygens (including phenoxy) is 1. The van der Waals surface area contributed by atoms with E-state index in [2.05, 4.69) is 15.3 Å². The van der Waals surface area contributed by atoms with E-state index in [0.717, 1.165) is 17.1 Å². The number of hydrogen-bond donors (Lipinski definition) is 2. The Bertz CT molecular complexity index is 830. The largest absolute Gasteiger partial charge is 0.491 e. The van der Waals surface area contributed by atoms with Crippen molar-refractivity contribution in [1.29, 1.82) is 0 Å². The monoisotopic (exact) mass is 359 g/mol. The number of anilines is 1. The summed E-state index contributed by atoms with van der Waals surface area (Å²) in [5, 5.41) is 3.25. The van der Waals surface area contributed by atoms with Crippen LogP contribution < -0.4 is 15.6 Å². The van der Waals surface area contributed by atoms with Gasteiger partial charge >= 0.3 is 0 Å². The highest BCUT2D eigenvalue weighted by molar-refractivity contribution is 7.99. The summed E-state index contributed by atoms with van der Waals surface area (Å²) in [5.74, 6) is 1.47. The Labute approximate surface area is 150 Å². The van der Waals surface area contributed by atoms with E-state index in [1.54, 1.807) is 0 Å². The van der Waals surface area contributed by atoms with Crippen LogP contribution in [-0.4, -0.2) is 27.7 Å². The van der Waals surface area contributed by atoms with Crippen molar-refractivity contribution in [2.24, 2.45) is 0 Å². The van der Waals surface area contributed by atoms with Gasteiger partial charge in [-0.1, -0.05) is 30.8 Å². The molecule has 0 saturated carbocycles. The summed E-state index contributed by atoms with van der Waals surface area (Å²) in [7, 11) is 0. The van der Waals surface area contributed by atoms with Crippen molar-refractivity contribution in [2.45, 2.75) is 44.4 Å². The van der Waals surface area contributed by atoms with Crippen LogP contribution in [-0.2, 0) is 4.79 Å². The lowest BCUT2D eigenvalue weighted by molar-refractivity contribution is -0.116. The number of carbonyl (C=O) groups excluding carboxylic acids is 1. The molecule has 1 aromatic carbocycles. The molecular weight excluding hydrogens is 338 g/mol. The number of fused-ring (bicyclic) bond motifs is 1. The molecule has 6 nitrogen and oxygen atoms in total. The minimum absolute atomic E-state index is 0.0913. The minimum Gasteiger partial charge on any atom is -0.491 e. The molecule has 3 rings (SSSR count). The van der Waals surface area contributed by atoms with Gasteiger partial charge in [-0.3, -0.25) is 9.59 Å². The highest BCUT2D eigenvalue weighted by Crippen LogP contribution is 2.35. The Hall–Kier alpha value is -2.28. The van der Waals surface area contributed by atoms with Gasteiger partial charge in [-0.2, -0.15) is 0 Å². The number of carbonyl (C=O) groups is 1. The predicted molar refractivity (Wildman–Crippen MR) is 98.6 cm³/mol. The minimum atomic E-state index is -0.311. The molecule has 2 heterocycles. The number of hydrogen-bond acceptors (Lipinski definition) is 5. The number of benzene rings is 1. The van der Waals surface area contributed by atoms with Gasteiger partial charge in [0.05, 0.1) is 11.7 Å². The Balaban J connectivity index is 1.99. The van der Waals surface area contributed by atoms with Crippen LogP contribution in [0.2, 0.25) is 0 Å². The van der Waals surface area contributed by atoms with Gasteiger partial charge in [0.1, 0.15) is 11.6 Å². The van der Waals surface area contributed by atoms with Gasteiger partial charge in [0.25, 0.3) is 5.56 Å². The summed E-state index contributed by atoms with van der Waals surface area (Å²) in [6.07, 6.45) is 0.316. The fraction of sp³-hybridized carbons (Fsp3) is 0.389. The highest BCUT2D eigenvalue weighted by atomic mass is 32.2. The van der Waals surface area contributed by atoms with Gasteiger partial charge in [-0.15, -0.1) is 0 Å². The van der Waals surface area contributed by atoms with Gasteiger partial charge in [0, 0.05) is 12.3 Å². The van der Waals surface area contributed by atoms with Crippen LogP contribution in [0.15, 0.2) is 34.2 Å². The molecule has 132 valence electrons. The summed E-state index contributed by atoms with van der Waals surface area (Å²) in [5.41, 5.74) is 1.21. The summed E-state index contributed by atoms with van der Waals surface area (Å²) in [4.78, 5) is 31.9. The Morgan fingerprint density at radius 3 is 2.64 bits per heavy atom. The molecule has 0 aliphatic carbocycles. The summed E-state index contributed by atoms with van der Waals surface area (Å²) in [6.45, 7) is 5.91. The fourth-order valence-electron chi connectivity index (χ4n) is 2.89. The molecule has 1 atom stereocenters. The second kappa shape index (κ2) is 7.31. The molecule has 0 radical (unpaired) electrons. The van der Waals surface area contributed by atoms with Gasteiger partial charge < -0.3 is 15.0 Å². The van der Waals surface area contributed by atoms with Crippen molar-refractivity contribution >= 4 is 23.5 Å². The zero-order valence-electron chi connectivity index (χ0n) is 14.5. The lowest BCUT2D eigenvalue weighted by Crippen LogP contribution is -2.31. The highest BCUT2D eigenvalue weighted by Gasteiger charge is 2.30. The second-order valence-corrected chi connectivity index (χ2v) is 7.36. The van der Waals surface area contributed by atoms with Crippen LogP contribution in [0, 0.1) is 0 Å². The number of rotatable bonds is 5. The van der Waals surface area contributed by atoms with Gasteiger partial charge in [0.2, 0.25) is 5.91 Å². The van der Waals surface area contributed by atoms with E-state index in [0.29, 0.717) is 16.5 Å². The van der Waals surface area contributed by atoms with Crippen molar-refractivity contribution in [3.63, 3.8) is 0 Å². The molecule has 25 heavy (non-hydrogen) atoms. The maximum Gasteiger partial charge on any atom is 0.257 e. The quantitative estimate of drug-likeness (QED) is 0.633. The standard InChI is InChI=1S/C18H21N3O3S/c1-4-25-18-20-16-15(17(23)21-18)13(9-14(22)19-16)11-5-7-12(8-6-11)24-10(2)3/h5-8,10,13H,4,9H2,1-3H3,(H2,19,20,21,22,23)/t13-/m1/s1. The summed E-state index contributed by atoms with van der Waals surface area (Å²) >= 11 is 1.43. The molecule has 2 N–H and O–H groups in total. The number of aromatic amines is 1. The van der Waals surface area contributed by atoms with E-state index in [1.165, 1.54) is 11.8 Å². The van der Waals surface area contributed by atoms with E-state index >= 15 is 0 Å². The predicted octanol–water partition coefficient (Wildman–Crippen LogP) is 3.14. The zero-order chi connectivity index (χ0) is 18.0. The maximum atomic E-state index is 12.6. The number of aromatic nitrogens is 2. The lowest BCUT2D eigenvalue weighted by atomic mass is 9.87. The van der Waals surface area contributed by atoms with E-state index in [9.17, 15) is 9.59 Å². The molecule has 1 aliphatic heterocycles. The average molecular weight is 359 g/mol. The SMILES string of the molecule is CCSc1nc2c(c(=O)[nH]1)[C@@H](c1ccc(OC(C)C)cc1)CC(=O)N2. The molecule has 0 saturated heterocycles. The van der Waals surface area contributed by atoms with Gasteiger partial charge in [-0.25, -0.2) is 4.98 Å². The maximum absolute atomic E-state index is 12.6. The third-order valence-corrected chi connectivity index (χ3v) is 4.62. The number of nitrogens with zero attached hydrogens (tertiary/aromatic N) is 1. The Morgan fingerprint density at radius 1 is 1.28 bits per heavy atom. The van der Waals surface area contributed by atoms with Crippen molar-refractivity contribution < 1.29 is 9.53 Å². The van der Waals surface area contributed by atoms with E-state index < -0.39 is 0 Å². The van der Waals surface area contributed by atoms with E-state index in [4.69, 9.17) is 4.74 Å². The summed E-state index contributed by atoms with van der Waals surface area (Å²) < 4.78 is 5.65. The first-order valence-corrected chi connectivity index (χ1v) is 9.30. The number of nitrogens with one attached hydrogen (secondary N) is 2. The third kappa shape index (κ3) is 3.87. The van der Waals surface area contributed by atoms with Gasteiger partial charge in [0.15, 0.2) is 5.16 Å². The molecule has 1 amide bonds. The normalized spacial score (nSPS) is 16.5. The topological polar surface area (TPSA) is 84.1 Å². The fourth-order valence-corrected chi connectivity index (χ4v) is 3.49. The van der Waals surface area contributed by atoms with Crippen LogP contribution in [0.5, 0.6) is 5.75 Å². The molecule has 0 fully saturated rings. The van der Waals surface area contributed by atoms with Crippen molar-refractivity contribution in [1.82, 2.24) is 9.97 Å². The molecule has 1 aliphatic rings. The van der Waals surface area contributed by atoms with Crippen molar-refractivity contribution in [2.75, 3.05) is 11.1 Å². The van der Waals surface area contributed by atoms with Crippen LogP contribution >= 0.6 is 11.8 Å². The second-order valence-electron chi connectivity index (χ2n) is 6.11. The van der Waals surface area contributed by atoms with Crippen LogP contribution in [0.3, 0.4) is 0 Å². The Kier molecular flexibility index (Phi) is 5.13.